The number of hydrogen-bond donors (Lipinski definition) is 0. The predicted octanol–water partition coefficient (Wildman–Crippen LogP) is 4.12. The Morgan fingerprint density at radius 3 is 2.85 bits per heavy atom. The number of fused-ring (bicyclic) bond motifs is 2. The second kappa shape index (κ2) is 7.34. The van der Waals surface area contributed by atoms with Gasteiger partial charge in [-0.25, -0.2) is 4.98 Å². The van der Waals surface area contributed by atoms with Gasteiger partial charge in [-0.05, 0) is 48.4 Å². The maximum Gasteiger partial charge on any atom is 0.236 e. The molecule has 2 aliphatic heterocycles. The zero-order chi connectivity index (χ0) is 18.2. The summed E-state index contributed by atoms with van der Waals surface area (Å²) >= 11 is 3.66. The van der Waals surface area contributed by atoms with E-state index in [1.165, 1.54) is 20.1 Å². The van der Waals surface area contributed by atoms with Crippen molar-refractivity contribution in [2.75, 3.05) is 26.2 Å². The van der Waals surface area contributed by atoms with Crippen molar-refractivity contribution in [1.82, 2.24) is 14.8 Å². The molecule has 140 valence electrons. The smallest absolute Gasteiger partial charge is 0.236 e. The predicted molar refractivity (Wildman–Crippen MR) is 111 cm³/mol. The van der Waals surface area contributed by atoms with Crippen LogP contribution >= 0.6 is 22.7 Å². The largest absolute Gasteiger partial charge is 0.342 e. The zero-order valence-electron chi connectivity index (χ0n) is 15.3. The average Bonchev–Trinajstić information content (AvgIpc) is 3.34. The molecule has 0 radical (unpaired) electrons. The summed E-state index contributed by atoms with van der Waals surface area (Å²) in [6, 6.07) is 10.6. The number of rotatable bonds is 3. The van der Waals surface area contributed by atoms with Crippen LogP contribution in [0.25, 0.3) is 10.2 Å². The first-order valence-corrected chi connectivity index (χ1v) is 11.4. The van der Waals surface area contributed by atoms with Gasteiger partial charge >= 0.3 is 0 Å². The van der Waals surface area contributed by atoms with Crippen LogP contribution in [0.1, 0.15) is 34.2 Å². The van der Waals surface area contributed by atoms with Crippen molar-refractivity contribution >= 4 is 38.8 Å². The number of benzene rings is 1. The Morgan fingerprint density at radius 2 is 2.00 bits per heavy atom. The molecule has 2 aliphatic rings. The summed E-state index contributed by atoms with van der Waals surface area (Å²) in [5.41, 5.74) is 2.52. The number of aromatic nitrogens is 1. The van der Waals surface area contributed by atoms with Gasteiger partial charge in [-0.2, -0.15) is 0 Å². The number of nitrogens with zero attached hydrogens (tertiary/aromatic N) is 3. The number of carbonyl (C=O) groups excluding carboxylic acids is 1. The normalized spacial score (nSPS) is 18.7. The standard InChI is InChI=1S/C21H23N3OS2/c25-20(14-23-9-7-18-16(13-23)8-12-26-18)24-10-5-15(6-11-24)21-22-17-3-1-2-4-19(17)27-21/h1-4,8,12,15H,5-7,9-11,13-14H2. The highest BCUT2D eigenvalue weighted by Crippen LogP contribution is 2.34. The SMILES string of the molecule is O=C(CN1CCc2sccc2C1)N1CCC(c2nc3ccccc3s2)CC1. The lowest BCUT2D eigenvalue weighted by atomic mass is 9.97. The zero-order valence-corrected chi connectivity index (χ0v) is 16.9. The van der Waals surface area contributed by atoms with Crippen molar-refractivity contribution in [2.45, 2.75) is 31.7 Å². The number of carbonyl (C=O) groups is 1. The van der Waals surface area contributed by atoms with Crippen molar-refractivity contribution in [3.8, 4) is 0 Å². The number of piperidine rings is 1. The fraction of sp³-hybridized carbons (Fsp3) is 0.429. The van der Waals surface area contributed by atoms with Gasteiger partial charge in [0.05, 0.1) is 21.8 Å². The molecule has 0 saturated carbocycles. The van der Waals surface area contributed by atoms with Gasteiger partial charge in [0.15, 0.2) is 0 Å². The Labute approximate surface area is 167 Å². The molecule has 0 atom stereocenters. The van der Waals surface area contributed by atoms with Crippen molar-refractivity contribution in [2.24, 2.45) is 0 Å². The van der Waals surface area contributed by atoms with Crippen LogP contribution in [0.5, 0.6) is 0 Å². The summed E-state index contributed by atoms with van der Waals surface area (Å²) in [5, 5.41) is 3.41. The molecule has 4 nitrogen and oxygen atoms in total. The molecule has 1 saturated heterocycles. The van der Waals surface area contributed by atoms with E-state index in [9.17, 15) is 4.79 Å². The van der Waals surface area contributed by atoms with E-state index in [2.05, 4.69) is 39.4 Å². The molecule has 4 heterocycles. The summed E-state index contributed by atoms with van der Waals surface area (Å²) in [6.07, 6.45) is 3.14. The summed E-state index contributed by atoms with van der Waals surface area (Å²) in [7, 11) is 0. The van der Waals surface area contributed by atoms with Crippen molar-refractivity contribution in [3.05, 3.63) is 51.2 Å². The van der Waals surface area contributed by atoms with Crippen LogP contribution in [0, 0.1) is 0 Å². The van der Waals surface area contributed by atoms with Gasteiger partial charge in [-0.15, -0.1) is 22.7 Å². The van der Waals surface area contributed by atoms with Crippen molar-refractivity contribution in [3.63, 3.8) is 0 Å². The summed E-state index contributed by atoms with van der Waals surface area (Å²) in [6.45, 7) is 4.20. The molecule has 1 fully saturated rings. The third-order valence-electron chi connectivity index (χ3n) is 5.75. The van der Waals surface area contributed by atoms with Crippen LogP contribution in [0.3, 0.4) is 0 Å². The maximum atomic E-state index is 12.8. The molecule has 0 unspecified atom stereocenters. The lowest BCUT2D eigenvalue weighted by molar-refractivity contribution is -0.133. The van der Waals surface area contributed by atoms with E-state index in [-0.39, 0.29) is 5.91 Å². The fourth-order valence-corrected chi connectivity index (χ4v) is 6.20. The molecule has 5 rings (SSSR count). The molecule has 27 heavy (non-hydrogen) atoms. The molecular formula is C21H23N3OS2. The summed E-state index contributed by atoms with van der Waals surface area (Å²) in [5.74, 6) is 0.784. The number of hydrogen-bond acceptors (Lipinski definition) is 5. The minimum absolute atomic E-state index is 0.288. The maximum absolute atomic E-state index is 12.8. The summed E-state index contributed by atoms with van der Waals surface area (Å²) in [4.78, 5) is 23.5. The Hall–Kier alpha value is -1.76. The molecule has 2 aromatic heterocycles. The molecule has 0 bridgehead atoms. The van der Waals surface area contributed by atoms with Gasteiger partial charge in [0.1, 0.15) is 0 Å². The van der Waals surface area contributed by atoms with E-state index in [0.717, 1.165) is 51.0 Å². The number of likely N-dealkylation sites (tertiary alicyclic amines) is 1. The molecule has 6 heteroatoms. The van der Waals surface area contributed by atoms with Crippen LogP contribution in [0.4, 0.5) is 0 Å². The van der Waals surface area contributed by atoms with Crippen LogP contribution in [0.15, 0.2) is 35.7 Å². The first-order chi connectivity index (χ1) is 13.3. The van der Waals surface area contributed by atoms with E-state index in [4.69, 9.17) is 4.98 Å². The molecule has 1 aromatic carbocycles. The first kappa shape index (κ1) is 17.3. The average molecular weight is 398 g/mol. The molecular weight excluding hydrogens is 374 g/mol. The number of para-hydroxylation sites is 1. The second-order valence-electron chi connectivity index (χ2n) is 7.50. The van der Waals surface area contributed by atoms with Crippen molar-refractivity contribution < 1.29 is 4.79 Å². The van der Waals surface area contributed by atoms with Crippen LogP contribution in [-0.4, -0.2) is 46.9 Å². The van der Waals surface area contributed by atoms with E-state index >= 15 is 0 Å². The van der Waals surface area contributed by atoms with Gasteiger partial charge < -0.3 is 4.90 Å². The number of thiophene rings is 1. The molecule has 3 aromatic rings. The summed E-state index contributed by atoms with van der Waals surface area (Å²) < 4.78 is 1.27. The van der Waals surface area contributed by atoms with Gasteiger partial charge in [0.25, 0.3) is 0 Å². The highest BCUT2D eigenvalue weighted by atomic mass is 32.1. The quantitative estimate of drug-likeness (QED) is 0.667. The minimum atomic E-state index is 0.288. The first-order valence-electron chi connectivity index (χ1n) is 9.67. The topological polar surface area (TPSA) is 36.4 Å². The van der Waals surface area contributed by atoms with E-state index in [1.807, 2.05) is 28.7 Å². The van der Waals surface area contributed by atoms with E-state index in [0.29, 0.717) is 12.5 Å². The van der Waals surface area contributed by atoms with Gasteiger partial charge in [0, 0.05) is 37.0 Å². The Bertz CT molecular complexity index is 922. The molecule has 0 N–H and O–H groups in total. The van der Waals surface area contributed by atoms with Gasteiger partial charge in [0.2, 0.25) is 5.91 Å². The van der Waals surface area contributed by atoms with E-state index < -0.39 is 0 Å². The lowest BCUT2D eigenvalue weighted by Gasteiger charge is -2.34. The van der Waals surface area contributed by atoms with Crippen LogP contribution < -0.4 is 0 Å². The fourth-order valence-electron chi connectivity index (χ4n) is 4.17. The second-order valence-corrected chi connectivity index (χ2v) is 9.57. The Morgan fingerprint density at radius 1 is 1.15 bits per heavy atom. The highest BCUT2D eigenvalue weighted by molar-refractivity contribution is 7.18. The minimum Gasteiger partial charge on any atom is -0.342 e. The van der Waals surface area contributed by atoms with Gasteiger partial charge in [-0.1, -0.05) is 12.1 Å². The third kappa shape index (κ3) is 3.53. The molecule has 0 aliphatic carbocycles. The van der Waals surface area contributed by atoms with Crippen LogP contribution in [-0.2, 0) is 17.8 Å². The highest BCUT2D eigenvalue weighted by Gasteiger charge is 2.27. The number of thiazole rings is 1. The van der Waals surface area contributed by atoms with Crippen LogP contribution in [0.2, 0.25) is 0 Å². The molecule has 1 amide bonds. The number of amides is 1. The third-order valence-corrected chi connectivity index (χ3v) is 7.97. The Kier molecular flexibility index (Phi) is 4.71. The van der Waals surface area contributed by atoms with Gasteiger partial charge in [-0.3, -0.25) is 9.69 Å². The monoisotopic (exact) mass is 397 g/mol. The van der Waals surface area contributed by atoms with Crippen molar-refractivity contribution in [1.29, 1.82) is 0 Å². The lowest BCUT2D eigenvalue weighted by Crippen LogP contribution is -2.44. The Balaban J connectivity index is 1.17. The molecule has 0 spiro atoms. The van der Waals surface area contributed by atoms with E-state index in [1.54, 1.807) is 0 Å².